The predicted octanol–water partition coefficient (Wildman–Crippen LogP) is 4.93. The first-order valence-corrected chi connectivity index (χ1v) is 15.3. The number of ether oxygens (including phenoxy) is 1. The fourth-order valence-corrected chi connectivity index (χ4v) is 5.43. The van der Waals surface area contributed by atoms with Gasteiger partial charge in [0.15, 0.2) is 0 Å². The van der Waals surface area contributed by atoms with Crippen LogP contribution in [0.25, 0.3) is 0 Å². The van der Waals surface area contributed by atoms with E-state index in [0.29, 0.717) is 23.6 Å². The molecule has 0 saturated carbocycles. The summed E-state index contributed by atoms with van der Waals surface area (Å²) in [6.07, 6.45) is 1.93. The topological polar surface area (TPSA) is 96.0 Å². The van der Waals surface area contributed by atoms with Crippen molar-refractivity contribution in [1.29, 1.82) is 0 Å². The van der Waals surface area contributed by atoms with Crippen molar-refractivity contribution in [2.75, 3.05) is 30.8 Å². The lowest BCUT2D eigenvalue weighted by Gasteiger charge is -2.33. The highest BCUT2D eigenvalue weighted by molar-refractivity contribution is 7.92. The van der Waals surface area contributed by atoms with Crippen LogP contribution in [0.4, 0.5) is 5.69 Å². The molecule has 40 heavy (non-hydrogen) atoms. The minimum absolute atomic E-state index is 0.0285. The van der Waals surface area contributed by atoms with Crippen LogP contribution in [-0.2, 0) is 32.6 Å². The number of carbonyl (C=O) groups excluding carboxylic acids is 2. The van der Waals surface area contributed by atoms with E-state index in [4.69, 9.17) is 27.9 Å². The number of hydrogen-bond acceptors (Lipinski definition) is 5. The van der Waals surface area contributed by atoms with E-state index >= 15 is 0 Å². The molecule has 11 heteroatoms. The molecule has 0 aliphatic carbocycles. The summed E-state index contributed by atoms with van der Waals surface area (Å²) in [5.74, 6) is -0.696. The number of nitrogens with zero attached hydrogens (tertiary/aromatic N) is 2. The van der Waals surface area contributed by atoms with Gasteiger partial charge >= 0.3 is 0 Å². The van der Waals surface area contributed by atoms with Crippen molar-refractivity contribution < 1.29 is 22.7 Å². The zero-order chi connectivity index (χ0) is 29.3. The summed E-state index contributed by atoms with van der Waals surface area (Å²) in [5.41, 5.74) is 1.65. The Morgan fingerprint density at radius 2 is 1.62 bits per heavy atom. The number of sulfonamides is 1. The number of rotatable bonds is 13. The molecule has 214 valence electrons. The Balaban J connectivity index is 2.08. The molecule has 0 saturated heterocycles. The fourth-order valence-electron chi connectivity index (χ4n) is 4.20. The molecular formula is C29H33Cl2N3O5S. The summed E-state index contributed by atoms with van der Waals surface area (Å²) >= 11 is 12.4. The Labute approximate surface area is 245 Å². The van der Waals surface area contributed by atoms with Crippen LogP contribution in [0.1, 0.15) is 24.5 Å². The van der Waals surface area contributed by atoms with Crippen LogP contribution in [0.15, 0.2) is 72.8 Å². The Morgan fingerprint density at radius 1 is 0.950 bits per heavy atom. The monoisotopic (exact) mass is 605 g/mol. The van der Waals surface area contributed by atoms with E-state index in [-0.39, 0.29) is 35.3 Å². The standard InChI is InChI=1S/C29H33Cl2N3O5S/c1-4-15-32-29(36)26(17-21-9-6-5-7-10-21)33(19-22-11-8-12-23(30)16-22)28(35)20-34(40(3,37)38)25-18-24(31)13-14-27(25)39-2/h5-14,16,18,26H,4,15,17,19-20H2,1-3H3,(H,32,36)/t26-/m0/s1. The molecule has 3 aromatic carbocycles. The molecule has 1 N–H and O–H groups in total. The van der Waals surface area contributed by atoms with Crippen molar-refractivity contribution in [3.8, 4) is 5.75 Å². The minimum Gasteiger partial charge on any atom is -0.495 e. The maximum absolute atomic E-state index is 14.1. The van der Waals surface area contributed by atoms with E-state index in [2.05, 4.69) is 5.32 Å². The third kappa shape index (κ3) is 8.61. The molecule has 8 nitrogen and oxygen atoms in total. The first-order valence-electron chi connectivity index (χ1n) is 12.7. The molecule has 0 fully saturated rings. The van der Waals surface area contributed by atoms with Gasteiger partial charge in [-0.15, -0.1) is 0 Å². The highest BCUT2D eigenvalue weighted by Crippen LogP contribution is 2.33. The Bertz CT molecular complexity index is 1420. The largest absolute Gasteiger partial charge is 0.495 e. The van der Waals surface area contributed by atoms with Crippen molar-refractivity contribution in [3.63, 3.8) is 0 Å². The number of nitrogens with one attached hydrogen (secondary N) is 1. The van der Waals surface area contributed by atoms with Crippen LogP contribution in [0.2, 0.25) is 10.0 Å². The molecular weight excluding hydrogens is 573 g/mol. The van der Waals surface area contributed by atoms with E-state index in [0.717, 1.165) is 16.1 Å². The minimum atomic E-state index is -3.97. The molecule has 0 spiro atoms. The lowest BCUT2D eigenvalue weighted by molar-refractivity contribution is -0.140. The number of halogens is 2. The lowest BCUT2D eigenvalue weighted by Crippen LogP contribution is -2.53. The van der Waals surface area contributed by atoms with E-state index in [1.807, 2.05) is 37.3 Å². The molecule has 0 aliphatic rings. The summed E-state index contributed by atoms with van der Waals surface area (Å²) in [5, 5.41) is 3.64. The van der Waals surface area contributed by atoms with Crippen molar-refractivity contribution >= 4 is 50.7 Å². The van der Waals surface area contributed by atoms with Crippen molar-refractivity contribution in [3.05, 3.63) is 94.0 Å². The second-order valence-corrected chi connectivity index (χ2v) is 12.0. The highest BCUT2D eigenvalue weighted by Gasteiger charge is 2.33. The van der Waals surface area contributed by atoms with Gasteiger partial charge in [0.05, 0.1) is 19.1 Å². The van der Waals surface area contributed by atoms with E-state index in [9.17, 15) is 18.0 Å². The molecule has 0 bridgehead atoms. The molecule has 1 atom stereocenters. The third-order valence-electron chi connectivity index (χ3n) is 6.15. The highest BCUT2D eigenvalue weighted by atomic mass is 35.5. The van der Waals surface area contributed by atoms with Gasteiger partial charge in [0.1, 0.15) is 18.3 Å². The van der Waals surface area contributed by atoms with Gasteiger partial charge in [0.25, 0.3) is 0 Å². The van der Waals surface area contributed by atoms with Crippen molar-refractivity contribution in [2.24, 2.45) is 0 Å². The molecule has 3 rings (SSSR count). The Morgan fingerprint density at radius 3 is 2.25 bits per heavy atom. The number of hydrogen-bond donors (Lipinski definition) is 1. The molecule has 0 radical (unpaired) electrons. The van der Waals surface area contributed by atoms with Gasteiger partial charge in [-0.2, -0.15) is 0 Å². The summed E-state index contributed by atoms with van der Waals surface area (Å²) in [6.45, 7) is 1.81. The van der Waals surface area contributed by atoms with Crippen LogP contribution in [0.5, 0.6) is 5.75 Å². The zero-order valence-electron chi connectivity index (χ0n) is 22.6. The number of anilines is 1. The number of methoxy groups -OCH3 is 1. The van der Waals surface area contributed by atoms with Crippen LogP contribution in [0, 0.1) is 0 Å². The van der Waals surface area contributed by atoms with Crippen LogP contribution < -0.4 is 14.4 Å². The molecule has 2 amide bonds. The van der Waals surface area contributed by atoms with Gasteiger partial charge in [0.2, 0.25) is 21.8 Å². The quantitative estimate of drug-likeness (QED) is 0.298. The molecule has 0 heterocycles. The van der Waals surface area contributed by atoms with Gasteiger partial charge in [-0.05, 0) is 47.9 Å². The van der Waals surface area contributed by atoms with Gasteiger partial charge in [-0.1, -0.05) is 72.6 Å². The smallest absolute Gasteiger partial charge is 0.244 e. The molecule has 0 aromatic heterocycles. The Kier molecular flexibility index (Phi) is 11.2. The normalized spacial score (nSPS) is 11.9. The van der Waals surface area contributed by atoms with Crippen LogP contribution in [0.3, 0.4) is 0 Å². The summed E-state index contributed by atoms with van der Waals surface area (Å²) < 4.78 is 32.2. The fraction of sp³-hybridized carbons (Fsp3) is 0.310. The number of amides is 2. The van der Waals surface area contributed by atoms with E-state index in [1.165, 1.54) is 24.1 Å². The maximum atomic E-state index is 14.1. The average Bonchev–Trinajstić information content (AvgIpc) is 2.92. The van der Waals surface area contributed by atoms with Gasteiger partial charge in [-0.25, -0.2) is 8.42 Å². The second kappa shape index (κ2) is 14.4. The van der Waals surface area contributed by atoms with Crippen molar-refractivity contribution in [1.82, 2.24) is 10.2 Å². The lowest BCUT2D eigenvalue weighted by atomic mass is 10.0. The number of benzene rings is 3. The SMILES string of the molecule is CCCNC(=O)[C@H](Cc1ccccc1)N(Cc1cccc(Cl)c1)C(=O)CN(c1cc(Cl)ccc1OC)S(C)(=O)=O. The Hall–Kier alpha value is -3.27. The predicted molar refractivity (Wildman–Crippen MR) is 159 cm³/mol. The van der Waals surface area contributed by atoms with Gasteiger partial charge < -0.3 is 15.0 Å². The van der Waals surface area contributed by atoms with Crippen LogP contribution >= 0.6 is 23.2 Å². The average molecular weight is 607 g/mol. The summed E-state index contributed by atoms with van der Waals surface area (Å²) in [4.78, 5) is 29.0. The van der Waals surface area contributed by atoms with Crippen LogP contribution in [-0.4, -0.2) is 57.6 Å². The van der Waals surface area contributed by atoms with Crippen molar-refractivity contribution in [2.45, 2.75) is 32.4 Å². The van der Waals surface area contributed by atoms with E-state index < -0.39 is 28.5 Å². The molecule has 0 unspecified atom stereocenters. The van der Waals surface area contributed by atoms with Gasteiger partial charge in [-0.3, -0.25) is 13.9 Å². The first kappa shape index (κ1) is 31.3. The zero-order valence-corrected chi connectivity index (χ0v) is 25.0. The summed E-state index contributed by atoms with van der Waals surface area (Å²) in [7, 11) is -2.57. The van der Waals surface area contributed by atoms with Gasteiger partial charge in [0, 0.05) is 29.6 Å². The first-order chi connectivity index (χ1) is 19.0. The molecule has 0 aliphatic heterocycles. The summed E-state index contributed by atoms with van der Waals surface area (Å²) in [6, 6.07) is 19.9. The number of carbonyl (C=O) groups is 2. The third-order valence-corrected chi connectivity index (χ3v) is 7.75. The maximum Gasteiger partial charge on any atom is 0.244 e. The second-order valence-electron chi connectivity index (χ2n) is 9.23. The van der Waals surface area contributed by atoms with E-state index in [1.54, 1.807) is 30.3 Å². The molecule has 3 aromatic rings.